The maximum absolute atomic E-state index is 12.8. The monoisotopic (exact) mass is 386 g/mol. The molecule has 1 unspecified atom stereocenters. The molecule has 0 saturated heterocycles. The Balaban J connectivity index is 1.68. The van der Waals surface area contributed by atoms with Crippen molar-refractivity contribution in [3.05, 3.63) is 41.7 Å². The number of methoxy groups -OCH3 is 1. The van der Waals surface area contributed by atoms with E-state index in [4.69, 9.17) is 4.74 Å². The average Bonchev–Trinajstić information content (AvgIpc) is 2.65. The van der Waals surface area contributed by atoms with Gasteiger partial charge in [0.25, 0.3) is 15.9 Å². The summed E-state index contributed by atoms with van der Waals surface area (Å²) in [6.07, 6.45) is 9.48. The SMILES string of the molecule is COc1nccnc1NS(=O)(=O)c1ccc2c(c1)C=C1CCCCC1(C)N2. The number of sulfonamides is 1. The maximum Gasteiger partial charge on any atom is 0.263 e. The highest BCUT2D eigenvalue weighted by Gasteiger charge is 2.34. The molecule has 142 valence electrons. The first-order valence-corrected chi connectivity index (χ1v) is 10.4. The standard InChI is InChI=1S/C19H22N4O3S/c1-19-8-4-3-5-14(19)11-13-12-15(6-7-16(13)22-19)27(24,25)23-17-18(26-2)21-10-9-20-17/h6-7,9-12,22H,3-5,8H2,1-2H3,(H,20,23). The van der Waals surface area contributed by atoms with E-state index in [2.05, 4.69) is 33.0 Å². The molecule has 0 spiro atoms. The smallest absolute Gasteiger partial charge is 0.263 e. The zero-order valence-corrected chi connectivity index (χ0v) is 16.1. The van der Waals surface area contributed by atoms with Crippen LogP contribution >= 0.6 is 0 Å². The zero-order chi connectivity index (χ0) is 19.1. The number of ether oxygens (including phenoxy) is 1. The molecule has 0 bridgehead atoms. The van der Waals surface area contributed by atoms with Crippen molar-refractivity contribution in [2.75, 3.05) is 17.1 Å². The molecule has 2 aliphatic rings. The Morgan fingerprint density at radius 1 is 1.22 bits per heavy atom. The minimum Gasteiger partial charge on any atom is -0.478 e. The molecule has 27 heavy (non-hydrogen) atoms. The van der Waals surface area contributed by atoms with E-state index in [0.717, 1.165) is 24.1 Å². The van der Waals surface area contributed by atoms with Crippen LogP contribution in [-0.2, 0) is 10.0 Å². The number of nitrogens with zero attached hydrogens (tertiary/aromatic N) is 2. The third-order valence-corrected chi connectivity index (χ3v) is 6.58. The number of nitrogens with one attached hydrogen (secondary N) is 2. The number of benzene rings is 1. The van der Waals surface area contributed by atoms with Crippen LogP contribution in [0.15, 0.2) is 41.1 Å². The van der Waals surface area contributed by atoms with Gasteiger partial charge in [0.05, 0.1) is 17.5 Å². The van der Waals surface area contributed by atoms with Crippen LogP contribution in [0, 0.1) is 0 Å². The van der Waals surface area contributed by atoms with Crippen LogP contribution < -0.4 is 14.8 Å². The Morgan fingerprint density at radius 2 is 2.04 bits per heavy atom. The number of hydrogen-bond donors (Lipinski definition) is 2. The fourth-order valence-electron chi connectivity index (χ4n) is 3.76. The molecule has 8 heteroatoms. The van der Waals surface area contributed by atoms with Gasteiger partial charge in [-0.25, -0.2) is 18.4 Å². The second-order valence-corrected chi connectivity index (χ2v) is 8.78. The molecule has 0 radical (unpaired) electrons. The van der Waals surface area contributed by atoms with Gasteiger partial charge in [-0.15, -0.1) is 0 Å². The molecule has 7 nitrogen and oxygen atoms in total. The van der Waals surface area contributed by atoms with Crippen molar-refractivity contribution >= 4 is 27.6 Å². The third-order valence-electron chi connectivity index (χ3n) is 5.24. The minimum atomic E-state index is -3.81. The van der Waals surface area contributed by atoms with E-state index in [1.807, 2.05) is 6.07 Å². The normalized spacial score (nSPS) is 21.3. The molecule has 1 atom stereocenters. The van der Waals surface area contributed by atoms with E-state index in [1.165, 1.54) is 37.9 Å². The molecule has 1 aliphatic carbocycles. The van der Waals surface area contributed by atoms with Gasteiger partial charge in [-0.05, 0) is 55.5 Å². The lowest BCUT2D eigenvalue weighted by molar-refractivity contribution is 0.398. The van der Waals surface area contributed by atoms with E-state index in [0.29, 0.717) is 0 Å². The van der Waals surface area contributed by atoms with E-state index in [1.54, 1.807) is 12.1 Å². The summed E-state index contributed by atoms with van der Waals surface area (Å²) in [6.45, 7) is 2.22. The Hall–Kier alpha value is -2.61. The minimum absolute atomic E-state index is 0.0309. The van der Waals surface area contributed by atoms with Gasteiger partial charge in [0.15, 0.2) is 0 Å². The predicted octanol–water partition coefficient (Wildman–Crippen LogP) is 3.43. The van der Waals surface area contributed by atoms with E-state index in [-0.39, 0.29) is 22.1 Å². The number of fused-ring (bicyclic) bond motifs is 2. The molecule has 1 aromatic heterocycles. The highest BCUT2D eigenvalue weighted by Crippen LogP contribution is 2.42. The van der Waals surface area contributed by atoms with Gasteiger partial charge in [0, 0.05) is 18.1 Å². The fraction of sp³-hybridized carbons (Fsp3) is 0.368. The van der Waals surface area contributed by atoms with Crippen molar-refractivity contribution in [1.82, 2.24) is 9.97 Å². The summed E-state index contributed by atoms with van der Waals surface area (Å²) >= 11 is 0. The number of anilines is 2. The van der Waals surface area contributed by atoms with Gasteiger partial charge in [-0.3, -0.25) is 4.72 Å². The molecule has 1 aromatic carbocycles. The van der Waals surface area contributed by atoms with Crippen molar-refractivity contribution in [3.63, 3.8) is 0 Å². The molecule has 1 saturated carbocycles. The van der Waals surface area contributed by atoms with E-state index < -0.39 is 10.0 Å². The summed E-state index contributed by atoms with van der Waals surface area (Å²) in [5.41, 5.74) is 3.15. The number of hydrogen-bond acceptors (Lipinski definition) is 6. The topological polar surface area (TPSA) is 93.2 Å². The molecule has 2 heterocycles. The lowest BCUT2D eigenvalue weighted by atomic mass is 9.75. The molecule has 4 rings (SSSR count). The summed E-state index contributed by atoms with van der Waals surface area (Å²) in [5.74, 6) is 0.190. The van der Waals surface area contributed by atoms with Gasteiger partial charge in [-0.2, -0.15) is 0 Å². The van der Waals surface area contributed by atoms with Crippen LogP contribution in [0.1, 0.15) is 38.2 Å². The maximum atomic E-state index is 12.8. The first-order chi connectivity index (χ1) is 12.9. The quantitative estimate of drug-likeness (QED) is 0.836. The van der Waals surface area contributed by atoms with Crippen LogP contribution in [0.2, 0.25) is 0 Å². The first-order valence-electron chi connectivity index (χ1n) is 8.92. The van der Waals surface area contributed by atoms with Crippen molar-refractivity contribution in [1.29, 1.82) is 0 Å². The molecule has 2 aromatic rings. The average molecular weight is 386 g/mol. The molecule has 0 amide bonds. The first kappa shape index (κ1) is 17.8. The second-order valence-electron chi connectivity index (χ2n) is 7.10. The third kappa shape index (κ3) is 3.25. The number of rotatable bonds is 4. The largest absolute Gasteiger partial charge is 0.478 e. The summed E-state index contributed by atoms with van der Waals surface area (Å²) in [4.78, 5) is 8.15. The fourth-order valence-corrected chi connectivity index (χ4v) is 4.80. The van der Waals surface area contributed by atoms with Crippen molar-refractivity contribution in [2.45, 2.75) is 43.0 Å². The molecule has 1 fully saturated rings. The van der Waals surface area contributed by atoms with Gasteiger partial charge < -0.3 is 10.1 Å². The van der Waals surface area contributed by atoms with Gasteiger partial charge >= 0.3 is 0 Å². The van der Waals surface area contributed by atoms with Crippen LogP contribution in [0.3, 0.4) is 0 Å². The Labute approximate surface area is 158 Å². The zero-order valence-electron chi connectivity index (χ0n) is 15.3. The molecule has 2 N–H and O–H groups in total. The van der Waals surface area contributed by atoms with Gasteiger partial charge in [0.1, 0.15) is 0 Å². The Kier molecular flexibility index (Phi) is 4.30. The Bertz CT molecular complexity index is 1020. The van der Waals surface area contributed by atoms with E-state index in [9.17, 15) is 8.42 Å². The summed E-state index contributed by atoms with van der Waals surface area (Å²) < 4.78 is 33.2. The summed E-state index contributed by atoms with van der Waals surface area (Å²) in [5, 5.41) is 3.60. The van der Waals surface area contributed by atoms with Gasteiger partial charge in [0.2, 0.25) is 5.82 Å². The second kappa shape index (κ2) is 6.53. The molecular formula is C19H22N4O3S. The van der Waals surface area contributed by atoms with Crippen LogP contribution in [0.5, 0.6) is 5.88 Å². The van der Waals surface area contributed by atoms with Crippen molar-refractivity contribution in [3.8, 4) is 5.88 Å². The summed E-state index contributed by atoms with van der Waals surface area (Å²) in [6, 6.07) is 5.11. The van der Waals surface area contributed by atoms with Crippen LogP contribution in [-0.4, -0.2) is 31.0 Å². The molecular weight excluding hydrogens is 364 g/mol. The Morgan fingerprint density at radius 3 is 2.85 bits per heavy atom. The highest BCUT2D eigenvalue weighted by atomic mass is 32.2. The van der Waals surface area contributed by atoms with Gasteiger partial charge in [-0.1, -0.05) is 12.5 Å². The number of aromatic nitrogens is 2. The van der Waals surface area contributed by atoms with Crippen LogP contribution in [0.4, 0.5) is 11.5 Å². The molecule has 1 aliphatic heterocycles. The van der Waals surface area contributed by atoms with Crippen molar-refractivity contribution < 1.29 is 13.2 Å². The highest BCUT2D eigenvalue weighted by molar-refractivity contribution is 7.92. The van der Waals surface area contributed by atoms with Crippen molar-refractivity contribution in [2.24, 2.45) is 0 Å². The van der Waals surface area contributed by atoms with E-state index >= 15 is 0 Å². The summed E-state index contributed by atoms with van der Waals surface area (Å²) in [7, 11) is -2.40. The predicted molar refractivity (Wildman–Crippen MR) is 104 cm³/mol. The van der Waals surface area contributed by atoms with Crippen LogP contribution in [0.25, 0.3) is 6.08 Å². The lowest BCUT2D eigenvalue weighted by Gasteiger charge is -2.41. The lowest BCUT2D eigenvalue weighted by Crippen LogP contribution is -2.41.